The highest BCUT2D eigenvalue weighted by atomic mass is 16.4. The Balaban J connectivity index is 1.95. The van der Waals surface area contributed by atoms with E-state index in [0.717, 1.165) is 17.0 Å². The molecule has 1 fully saturated rings. The summed E-state index contributed by atoms with van der Waals surface area (Å²) in [6.45, 7) is 0. The molecule has 1 aliphatic carbocycles. The Morgan fingerprint density at radius 3 is 2.56 bits per heavy atom. The Bertz CT molecular complexity index is 595. The largest absolute Gasteiger partial charge is 0.478 e. The summed E-state index contributed by atoms with van der Waals surface area (Å²) in [4.78, 5) is 10.8. The van der Waals surface area contributed by atoms with Crippen LogP contribution in [-0.4, -0.2) is 20.9 Å². The average Bonchev–Trinajstić information content (AvgIpc) is 3.13. The van der Waals surface area contributed by atoms with Crippen LogP contribution in [0, 0.1) is 0 Å². The highest BCUT2D eigenvalue weighted by molar-refractivity contribution is 5.88. The Hall–Kier alpha value is -2.10. The van der Waals surface area contributed by atoms with Gasteiger partial charge < -0.3 is 5.11 Å². The number of carbonyl (C=O) groups is 1. The molecule has 18 heavy (non-hydrogen) atoms. The van der Waals surface area contributed by atoms with Crippen molar-refractivity contribution in [3.05, 3.63) is 41.6 Å². The highest BCUT2D eigenvalue weighted by Gasteiger charge is 2.27. The molecule has 0 amide bonds. The van der Waals surface area contributed by atoms with Gasteiger partial charge in [0, 0.05) is 13.0 Å². The quantitative estimate of drug-likeness (QED) is 0.900. The zero-order valence-corrected chi connectivity index (χ0v) is 10.1. The number of benzene rings is 1. The van der Waals surface area contributed by atoms with Crippen LogP contribution in [0.2, 0.25) is 0 Å². The van der Waals surface area contributed by atoms with Gasteiger partial charge in [-0.3, -0.25) is 4.68 Å². The van der Waals surface area contributed by atoms with Crippen LogP contribution < -0.4 is 0 Å². The van der Waals surface area contributed by atoms with Crippen molar-refractivity contribution in [3.63, 3.8) is 0 Å². The van der Waals surface area contributed by atoms with Gasteiger partial charge in [-0.2, -0.15) is 5.10 Å². The summed E-state index contributed by atoms with van der Waals surface area (Å²) in [5, 5.41) is 13.4. The van der Waals surface area contributed by atoms with E-state index in [9.17, 15) is 4.79 Å². The summed E-state index contributed by atoms with van der Waals surface area (Å²) in [5.41, 5.74) is 3.49. The summed E-state index contributed by atoms with van der Waals surface area (Å²) in [5.74, 6) is -0.270. The summed E-state index contributed by atoms with van der Waals surface area (Å²) in [6, 6.07) is 9.02. The number of hydrogen-bond acceptors (Lipinski definition) is 2. The fraction of sp³-hybridized carbons (Fsp3) is 0.286. The van der Waals surface area contributed by atoms with E-state index in [1.165, 1.54) is 12.8 Å². The van der Waals surface area contributed by atoms with Crippen molar-refractivity contribution in [1.82, 2.24) is 9.78 Å². The van der Waals surface area contributed by atoms with E-state index >= 15 is 0 Å². The topological polar surface area (TPSA) is 55.1 Å². The maximum absolute atomic E-state index is 10.8. The molecule has 0 radical (unpaired) electrons. The fourth-order valence-corrected chi connectivity index (χ4v) is 2.12. The number of carboxylic acids is 1. The molecule has 1 aliphatic rings. The van der Waals surface area contributed by atoms with Crippen molar-refractivity contribution in [2.75, 3.05) is 0 Å². The number of rotatable bonds is 3. The molecule has 0 spiro atoms. The van der Waals surface area contributed by atoms with Crippen molar-refractivity contribution in [3.8, 4) is 11.3 Å². The Kier molecular flexibility index (Phi) is 2.44. The number of carboxylic acid groups (broad SMARTS) is 1. The molecule has 2 aromatic rings. The van der Waals surface area contributed by atoms with Gasteiger partial charge in [0.1, 0.15) is 0 Å². The van der Waals surface area contributed by atoms with Crippen molar-refractivity contribution in [2.24, 2.45) is 7.05 Å². The monoisotopic (exact) mass is 242 g/mol. The molecule has 0 saturated heterocycles. The van der Waals surface area contributed by atoms with Crippen molar-refractivity contribution < 1.29 is 9.90 Å². The number of aryl methyl sites for hydroxylation is 1. The molecular formula is C14H14N2O2. The molecular weight excluding hydrogens is 228 g/mol. The van der Waals surface area contributed by atoms with Crippen molar-refractivity contribution >= 4 is 5.97 Å². The maximum Gasteiger partial charge on any atom is 0.335 e. The molecule has 3 rings (SSSR count). The molecule has 1 heterocycles. The molecule has 1 aromatic heterocycles. The van der Waals surface area contributed by atoms with Crippen LogP contribution in [0.15, 0.2) is 30.3 Å². The number of aromatic carboxylic acids is 1. The molecule has 1 N–H and O–H groups in total. The Morgan fingerprint density at radius 1 is 1.33 bits per heavy atom. The maximum atomic E-state index is 10.8. The lowest BCUT2D eigenvalue weighted by atomic mass is 10.1. The van der Waals surface area contributed by atoms with Crippen LogP contribution in [0.25, 0.3) is 11.3 Å². The summed E-state index contributed by atoms with van der Waals surface area (Å²) >= 11 is 0. The predicted octanol–water partition coefficient (Wildman–Crippen LogP) is 2.66. The third kappa shape index (κ3) is 1.90. The van der Waals surface area contributed by atoms with E-state index in [1.807, 2.05) is 23.9 Å². The van der Waals surface area contributed by atoms with E-state index in [1.54, 1.807) is 12.1 Å². The van der Waals surface area contributed by atoms with Crippen LogP contribution in [-0.2, 0) is 7.05 Å². The second-order valence-corrected chi connectivity index (χ2v) is 4.73. The molecule has 0 bridgehead atoms. The first-order valence-electron chi connectivity index (χ1n) is 6.03. The van der Waals surface area contributed by atoms with Crippen molar-refractivity contribution in [2.45, 2.75) is 18.8 Å². The summed E-state index contributed by atoms with van der Waals surface area (Å²) in [6.07, 6.45) is 2.46. The van der Waals surface area contributed by atoms with Crippen LogP contribution in [0.5, 0.6) is 0 Å². The zero-order valence-electron chi connectivity index (χ0n) is 10.1. The van der Waals surface area contributed by atoms with Gasteiger partial charge in [0.05, 0.1) is 17.0 Å². The van der Waals surface area contributed by atoms with Gasteiger partial charge in [0.25, 0.3) is 0 Å². The fourth-order valence-electron chi connectivity index (χ4n) is 2.12. The van der Waals surface area contributed by atoms with Gasteiger partial charge in [-0.1, -0.05) is 12.1 Å². The SMILES string of the molecule is Cn1nc(C2CC2)cc1-c1ccc(C(=O)O)cc1. The molecule has 0 unspecified atom stereocenters. The van der Waals surface area contributed by atoms with E-state index in [0.29, 0.717) is 11.5 Å². The van der Waals surface area contributed by atoms with Gasteiger partial charge in [0.2, 0.25) is 0 Å². The second-order valence-electron chi connectivity index (χ2n) is 4.73. The van der Waals surface area contributed by atoms with E-state index in [2.05, 4.69) is 11.2 Å². The van der Waals surface area contributed by atoms with Gasteiger partial charge in [-0.15, -0.1) is 0 Å². The van der Waals surface area contributed by atoms with Gasteiger partial charge in [-0.25, -0.2) is 4.79 Å². The first-order valence-corrected chi connectivity index (χ1v) is 6.03. The molecule has 0 aliphatic heterocycles. The molecule has 1 saturated carbocycles. The number of nitrogens with zero attached hydrogens (tertiary/aromatic N) is 2. The van der Waals surface area contributed by atoms with Crippen LogP contribution in [0.1, 0.15) is 34.8 Å². The van der Waals surface area contributed by atoms with E-state index in [4.69, 9.17) is 5.11 Å². The summed E-state index contributed by atoms with van der Waals surface area (Å²) < 4.78 is 1.86. The average molecular weight is 242 g/mol. The van der Waals surface area contributed by atoms with Gasteiger partial charge in [-0.05, 0) is 36.6 Å². The number of aromatic nitrogens is 2. The van der Waals surface area contributed by atoms with Gasteiger partial charge in [0.15, 0.2) is 0 Å². The van der Waals surface area contributed by atoms with Gasteiger partial charge >= 0.3 is 5.97 Å². The van der Waals surface area contributed by atoms with Crippen LogP contribution in [0.4, 0.5) is 0 Å². The standard InChI is InChI=1S/C14H14N2O2/c1-16-13(8-12(15-16)9-2-3-9)10-4-6-11(7-5-10)14(17)18/h4-9H,2-3H2,1H3,(H,17,18). The normalized spacial score (nSPS) is 14.7. The lowest BCUT2D eigenvalue weighted by molar-refractivity contribution is 0.0697. The molecule has 1 aromatic carbocycles. The highest BCUT2D eigenvalue weighted by Crippen LogP contribution is 2.40. The minimum Gasteiger partial charge on any atom is -0.478 e. The third-order valence-corrected chi connectivity index (χ3v) is 3.32. The van der Waals surface area contributed by atoms with Crippen molar-refractivity contribution in [1.29, 1.82) is 0 Å². The first kappa shape index (κ1) is 11.0. The Labute approximate surface area is 105 Å². The predicted molar refractivity (Wildman–Crippen MR) is 67.6 cm³/mol. The number of hydrogen-bond donors (Lipinski definition) is 1. The molecule has 92 valence electrons. The molecule has 4 nitrogen and oxygen atoms in total. The van der Waals surface area contributed by atoms with Crippen LogP contribution in [0.3, 0.4) is 0 Å². The smallest absolute Gasteiger partial charge is 0.335 e. The Morgan fingerprint density at radius 2 is 2.00 bits per heavy atom. The minimum atomic E-state index is -0.898. The molecule has 4 heteroatoms. The lowest BCUT2D eigenvalue weighted by Crippen LogP contribution is -1.97. The zero-order chi connectivity index (χ0) is 12.7. The van der Waals surface area contributed by atoms with E-state index < -0.39 is 5.97 Å². The minimum absolute atomic E-state index is 0.309. The van der Waals surface area contributed by atoms with Crippen LogP contribution >= 0.6 is 0 Å². The first-order chi connectivity index (χ1) is 8.65. The lowest BCUT2D eigenvalue weighted by Gasteiger charge is -2.02. The third-order valence-electron chi connectivity index (χ3n) is 3.32. The van der Waals surface area contributed by atoms with E-state index in [-0.39, 0.29) is 0 Å². The molecule has 0 atom stereocenters. The second kappa shape index (κ2) is 3.98. The summed E-state index contributed by atoms with van der Waals surface area (Å²) in [7, 11) is 1.92.